The summed E-state index contributed by atoms with van der Waals surface area (Å²) in [6.45, 7) is 2.90. The number of fused-ring (bicyclic) bond motifs is 1. The van der Waals surface area contributed by atoms with Crippen molar-refractivity contribution in [1.29, 1.82) is 0 Å². The molecule has 2 saturated heterocycles. The number of nitrogens with zero attached hydrogens (tertiary/aromatic N) is 2. The van der Waals surface area contributed by atoms with E-state index < -0.39 is 29.5 Å². The zero-order chi connectivity index (χ0) is 34.5. The van der Waals surface area contributed by atoms with Crippen LogP contribution in [0.3, 0.4) is 0 Å². The van der Waals surface area contributed by atoms with Crippen LogP contribution in [0.2, 0.25) is 5.02 Å². The molecule has 2 amide bonds. The van der Waals surface area contributed by atoms with Gasteiger partial charge in [-0.3, -0.25) is 14.4 Å². The van der Waals surface area contributed by atoms with E-state index >= 15 is 0 Å². The van der Waals surface area contributed by atoms with E-state index in [1.807, 2.05) is 35.2 Å². The van der Waals surface area contributed by atoms with Gasteiger partial charge in [0.1, 0.15) is 11.3 Å². The minimum atomic E-state index is -4.92. The number of halogens is 4. The Morgan fingerprint density at radius 1 is 0.959 bits per heavy atom. The largest absolute Gasteiger partial charge is 0.573 e. The second kappa shape index (κ2) is 14.8. The lowest BCUT2D eigenvalue weighted by molar-refractivity contribution is -0.274. The second-order valence-electron chi connectivity index (χ2n) is 12.3. The van der Waals surface area contributed by atoms with Crippen molar-refractivity contribution in [3.8, 4) is 5.75 Å². The molecule has 2 aliphatic rings. The highest BCUT2D eigenvalue weighted by Crippen LogP contribution is 2.29. The van der Waals surface area contributed by atoms with E-state index in [9.17, 15) is 27.6 Å². The first-order valence-electron chi connectivity index (χ1n) is 16.2. The molecule has 0 aliphatic carbocycles. The van der Waals surface area contributed by atoms with E-state index in [-0.39, 0.29) is 22.6 Å². The molecule has 0 saturated carbocycles. The molecule has 12 heteroatoms. The predicted octanol–water partition coefficient (Wildman–Crippen LogP) is 7.43. The molecule has 1 atom stereocenters. The number of anilines is 1. The fraction of sp³-hybridized carbons (Fsp3) is 0.324. The van der Waals surface area contributed by atoms with E-state index in [1.165, 1.54) is 0 Å². The van der Waals surface area contributed by atoms with Gasteiger partial charge in [0.25, 0.3) is 5.91 Å². The van der Waals surface area contributed by atoms with Crippen molar-refractivity contribution in [2.45, 2.75) is 57.5 Å². The highest BCUT2D eigenvalue weighted by Gasteiger charge is 2.31. The number of carbonyl (C=O) groups is 2. The SMILES string of the molecule is O=C(N[C@@H](C=C1CCN(c2ccccc2CN2CCCCC2=O)CC1)Cc1ccc(Cl)cc1)c1cc(=O)c2cc(OC(F)(F)F)ccc2o1. The number of hydrogen-bond acceptors (Lipinski definition) is 6. The standard InChI is InChI=1S/C37H35ClF3N3O5/c38-27-10-8-24(9-11-27)19-28(42-36(47)34-22-32(45)30-21-29(49-37(39,40)41)12-13-33(30)48-34)20-25-14-17-43(18-15-25)31-6-2-1-5-26(31)23-44-16-4-3-7-35(44)46/h1-2,5-6,8-13,20-22,28H,3-4,7,14-19,23H2,(H,42,47)/t28-/m1/s1. The number of piperidine rings is 2. The van der Waals surface area contributed by atoms with Crippen molar-refractivity contribution in [1.82, 2.24) is 10.2 Å². The Labute approximate surface area is 286 Å². The maximum absolute atomic E-state index is 13.4. The molecular formula is C37H35ClF3N3O5. The molecule has 2 aliphatic heterocycles. The topological polar surface area (TPSA) is 92.1 Å². The van der Waals surface area contributed by atoms with Gasteiger partial charge in [0.05, 0.1) is 11.4 Å². The maximum Gasteiger partial charge on any atom is 0.573 e. The number of nitrogens with one attached hydrogen (secondary N) is 1. The molecule has 256 valence electrons. The van der Waals surface area contributed by atoms with E-state index in [2.05, 4.69) is 27.1 Å². The first-order chi connectivity index (χ1) is 23.5. The van der Waals surface area contributed by atoms with Gasteiger partial charge in [0, 0.05) is 49.4 Å². The molecule has 0 spiro atoms. The van der Waals surface area contributed by atoms with Crippen molar-refractivity contribution in [3.05, 3.63) is 117 Å². The molecule has 3 aromatic carbocycles. The van der Waals surface area contributed by atoms with Crippen molar-refractivity contribution >= 4 is 40.1 Å². The smallest absolute Gasteiger partial charge is 0.451 e. The third-order valence-electron chi connectivity index (χ3n) is 8.80. The van der Waals surface area contributed by atoms with Gasteiger partial charge in [-0.05, 0) is 79.6 Å². The summed E-state index contributed by atoms with van der Waals surface area (Å²) in [5.41, 5.74) is 3.62. The Balaban J connectivity index is 1.18. The first-order valence-corrected chi connectivity index (χ1v) is 16.6. The summed E-state index contributed by atoms with van der Waals surface area (Å²) in [5, 5.41) is 3.41. The van der Waals surface area contributed by atoms with Crippen molar-refractivity contribution in [2.75, 3.05) is 24.5 Å². The van der Waals surface area contributed by atoms with E-state index in [0.29, 0.717) is 24.4 Å². The van der Waals surface area contributed by atoms with Crippen LogP contribution in [0, 0.1) is 0 Å². The number of rotatable bonds is 9. The van der Waals surface area contributed by atoms with Crippen LogP contribution < -0.4 is 20.4 Å². The second-order valence-corrected chi connectivity index (χ2v) is 12.7. The van der Waals surface area contributed by atoms with Gasteiger partial charge in [-0.2, -0.15) is 0 Å². The molecule has 1 N–H and O–H groups in total. The van der Waals surface area contributed by atoms with Crippen molar-refractivity contribution in [2.24, 2.45) is 0 Å². The van der Waals surface area contributed by atoms with Gasteiger partial charge in [-0.1, -0.05) is 53.6 Å². The molecule has 4 aromatic rings. The summed E-state index contributed by atoms with van der Waals surface area (Å²) in [5.74, 6) is -1.26. The third-order valence-corrected chi connectivity index (χ3v) is 9.05. The number of para-hydroxylation sites is 1. The summed E-state index contributed by atoms with van der Waals surface area (Å²) in [6, 6.07) is 19.1. The number of alkyl halides is 3. The summed E-state index contributed by atoms with van der Waals surface area (Å²) < 4.78 is 47.6. The number of amides is 2. The van der Waals surface area contributed by atoms with Crippen LogP contribution in [0.25, 0.3) is 11.0 Å². The zero-order valence-electron chi connectivity index (χ0n) is 26.6. The van der Waals surface area contributed by atoms with Crippen LogP contribution >= 0.6 is 11.6 Å². The lowest BCUT2D eigenvalue weighted by Gasteiger charge is -2.34. The normalized spacial score (nSPS) is 16.1. The molecule has 0 unspecified atom stereocenters. The van der Waals surface area contributed by atoms with Crippen LogP contribution in [-0.2, 0) is 17.8 Å². The molecule has 6 rings (SSSR count). The highest BCUT2D eigenvalue weighted by atomic mass is 35.5. The number of benzene rings is 3. The van der Waals surface area contributed by atoms with Gasteiger partial charge in [0.2, 0.25) is 5.91 Å². The minimum Gasteiger partial charge on any atom is -0.451 e. The van der Waals surface area contributed by atoms with Crippen LogP contribution in [0.15, 0.2) is 93.7 Å². The van der Waals surface area contributed by atoms with E-state index in [4.69, 9.17) is 16.0 Å². The molecule has 2 fully saturated rings. The Hall–Kier alpha value is -4.77. The number of hydrogen-bond donors (Lipinski definition) is 1. The molecule has 0 bridgehead atoms. The van der Waals surface area contributed by atoms with Crippen LogP contribution in [0.5, 0.6) is 5.75 Å². The Kier molecular flexibility index (Phi) is 10.3. The Morgan fingerprint density at radius 3 is 2.45 bits per heavy atom. The summed E-state index contributed by atoms with van der Waals surface area (Å²) in [6.07, 6.45) is 1.66. The van der Waals surface area contributed by atoms with Gasteiger partial charge in [-0.15, -0.1) is 13.2 Å². The summed E-state index contributed by atoms with van der Waals surface area (Å²) >= 11 is 6.10. The quantitative estimate of drug-likeness (QED) is 0.184. The molecule has 0 radical (unpaired) electrons. The molecule has 49 heavy (non-hydrogen) atoms. The number of likely N-dealkylation sites (tertiary alicyclic amines) is 1. The average molecular weight is 694 g/mol. The number of ether oxygens (including phenoxy) is 1. The van der Waals surface area contributed by atoms with Crippen LogP contribution in [0.4, 0.5) is 18.9 Å². The fourth-order valence-electron chi connectivity index (χ4n) is 6.38. The third kappa shape index (κ3) is 8.83. The van der Waals surface area contributed by atoms with Gasteiger partial charge < -0.3 is 24.3 Å². The Bertz CT molecular complexity index is 1920. The highest BCUT2D eigenvalue weighted by molar-refractivity contribution is 6.30. The van der Waals surface area contributed by atoms with E-state index in [0.717, 1.165) is 92.0 Å². The minimum absolute atomic E-state index is 0.0444. The van der Waals surface area contributed by atoms with Crippen LogP contribution in [-0.4, -0.2) is 48.8 Å². The van der Waals surface area contributed by atoms with Crippen LogP contribution in [0.1, 0.15) is 53.8 Å². The van der Waals surface area contributed by atoms with Crippen molar-refractivity contribution < 1.29 is 31.9 Å². The van der Waals surface area contributed by atoms with Gasteiger partial charge in [-0.25, -0.2) is 0 Å². The van der Waals surface area contributed by atoms with Gasteiger partial charge >= 0.3 is 6.36 Å². The first kappa shape index (κ1) is 34.1. The van der Waals surface area contributed by atoms with Crippen molar-refractivity contribution in [3.63, 3.8) is 0 Å². The molecule has 3 heterocycles. The summed E-state index contributed by atoms with van der Waals surface area (Å²) in [4.78, 5) is 43.0. The number of carbonyl (C=O) groups excluding carboxylic acids is 2. The molecular weight excluding hydrogens is 659 g/mol. The summed E-state index contributed by atoms with van der Waals surface area (Å²) in [7, 11) is 0. The van der Waals surface area contributed by atoms with Gasteiger partial charge in [0.15, 0.2) is 11.2 Å². The predicted molar refractivity (Wildman–Crippen MR) is 181 cm³/mol. The maximum atomic E-state index is 13.4. The average Bonchev–Trinajstić information content (AvgIpc) is 3.07. The van der Waals surface area contributed by atoms with E-state index in [1.54, 1.807) is 12.1 Å². The molecule has 8 nitrogen and oxygen atoms in total. The zero-order valence-corrected chi connectivity index (χ0v) is 27.4. The Morgan fingerprint density at radius 2 is 1.71 bits per heavy atom. The lowest BCUT2D eigenvalue weighted by Crippen LogP contribution is -2.37. The fourth-order valence-corrected chi connectivity index (χ4v) is 6.51. The lowest BCUT2D eigenvalue weighted by atomic mass is 9.97. The molecule has 1 aromatic heterocycles. The monoisotopic (exact) mass is 693 g/mol.